The molecule has 114 valence electrons. The van der Waals surface area contributed by atoms with E-state index in [1.54, 1.807) is 0 Å². The molecular formula is C17H23ClN2O. The van der Waals surface area contributed by atoms with E-state index in [4.69, 9.17) is 21.3 Å². The first-order valence-electron chi connectivity index (χ1n) is 7.68. The zero-order chi connectivity index (χ0) is 15.0. The Kier molecular flexibility index (Phi) is 3.98. The SMILES string of the molecule is Cc1cccc2nc(CCCl)n(C3CCOC(C)(C)C3)c12. The number of aryl methyl sites for hydroxylation is 2. The summed E-state index contributed by atoms with van der Waals surface area (Å²) in [5, 5.41) is 0. The summed E-state index contributed by atoms with van der Waals surface area (Å²) in [6.45, 7) is 7.32. The van der Waals surface area contributed by atoms with Crippen molar-refractivity contribution in [1.29, 1.82) is 0 Å². The summed E-state index contributed by atoms with van der Waals surface area (Å²) >= 11 is 5.99. The number of halogens is 1. The summed E-state index contributed by atoms with van der Waals surface area (Å²) in [5.74, 6) is 1.71. The van der Waals surface area contributed by atoms with Crippen molar-refractivity contribution in [2.24, 2.45) is 0 Å². The highest BCUT2D eigenvalue weighted by Gasteiger charge is 2.32. The standard InChI is InChI=1S/C17H23ClN2O/c1-12-5-4-6-14-16(12)20(15(19-14)7-9-18)13-8-10-21-17(2,3)11-13/h4-6,13H,7-11H2,1-3H3. The van der Waals surface area contributed by atoms with Crippen molar-refractivity contribution in [2.75, 3.05) is 12.5 Å². The molecule has 0 bridgehead atoms. The molecule has 0 saturated carbocycles. The molecule has 1 aromatic heterocycles. The Bertz CT molecular complexity index is 648. The largest absolute Gasteiger partial charge is 0.375 e. The van der Waals surface area contributed by atoms with Gasteiger partial charge in [0.15, 0.2) is 0 Å². The highest BCUT2D eigenvalue weighted by atomic mass is 35.5. The third-order valence-corrected chi connectivity index (χ3v) is 4.53. The Labute approximate surface area is 131 Å². The van der Waals surface area contributed by atoms with Gasteiger partial charge in [0.2, 0.25) is 0 Å². The number of ether oxygens (including phenoxy) is 1. The Morgan fingerprint density at radius 1 is 1.43 bits per heavy atom. The van der Waals surface area contributed by atoms with E-state index < -0.39 is 0 Å². The van der Waals surface area contributed by atoms with Crippen LogP contribution < -0.4 is 0 Å². The lowest BCUT2D eigenvalue weighted by Crippen LogP contribution is -2.35. The molecule has 0 N–H and O–H groups in total. The molecule has 2 aromatic rings. The fourth-order valence-electron chi connectivity index (χ4n) is 3.44. The van der Waals surface area contributed by atoms with Crippen molar-refractivity contribution in [3.8, 4) is 0 Å². The van der Waals surface area contributed by atoms with E-state index in [9.17, 15) is 0 Å². The number of nitrogens with zero attached hydrogens (tertiary/aromatic N) is 2. The fourth-order valence-corrected chi connectivity index (χ4v) is 3.61. The smallest absolute Gasteiger partial charge is 0.111 e. The topological polar surface area (TPSA) is 27.1 Å². The number of para-hydroxylation sites is 1. The minimum atomic E-state index is -0.0690. The molecule has 4 heteroatoms. The number of hydrogen-bond donors (Lipinski definition) is 0. The fraction of sp³-hybridized carbons (Fsp3) is 0.588. The van der Waals surface area contributed by atoms with Crippen LogP contribution in [0.25, 0.3) is 11.0 Å². The molecule has 21 heavy (non-hydrogen) atoms. The van der Waals surface area contributed by atoms with Crippen molar-refractivity contribution in [1.82, 2.24) is 9.55 Å². The molecule has 1 aliphatic heterocycles. The Balaban J connectivity index is 2.12. The molecule has 3 nitrogen and oxygen atoms in total. The summed E-state index contributed by atoms with van der Waals surface area (Å²) in [7, 11) is 0. The van der Waals surface area contributed by atoms with Crippen molar-refractivity contribution in [3.63, 3.8) is 0 Å². The van der Waals surface area contributed by atoms with E-state index in [1.807, 2.05) is 0 Å². The van der Waals surface area contributed by atoms with Crippen LogP contribution in [0.5, 0.6) is 0 Å². The quantitative estimate of drug-likeness (QED) is 0.792. The van der Waals surface area contributed by atoms with Crippen LogP contribution in [0.2, 0.25) is 0 Å². The van der Waals surface area contributed by atoms with Gasteiger partial charge in [-0.3, -0.25) is 0 Å². The molecule has 2 heterocycles. The van der Waals surface area contributed by atoms with Crippen LogP contribution in [0.4, 0.5) is 0 Å². The predicted octanol–water partition coefficient (Wildman–Crippen LogP) is 4.26. The Morgan fingerprint density at radius 3 is 2.95 bits per heavy atom. The number of benzene rings is 1. The minimum absolute atomic E-state index is 0.0690. The first-order valence-corrected chi connectivity index (χ1v) is 8.21. The highest BCUT2D eigenvalue weighted by Crippen LogP contribution is 2.36. The molecule has 0 spiro atoms. The summed E-state index contributed by atoms with van der Waals surface area (Å²) in [6.07, 6.45) is 2.87. The highest BCUT2D eigenvalue weighted by molar-refractivity contribution is 6.17. The molecule has 3 rings (SSSR count). The second-order valence-electron chi connectivity index (χ2n) is 6.53. The van der Waals surface area contributed by atoms with E-state index in [0.29, 0.717) is 11.9 Å². The van der Waals surface area contributed by atoms with Crippen molar-refractivity contribution in [2.45, 2.75) is 51.7 Å². The van der Waals surface area contributed by atoms with Gasteiger partial charge in [-0.1, -0.05) is 12.1 Å². The van der Waals surface area contributed by atoms with E-state index in [0.717, 1.165) is 37.2 Å². The van der Waals surface area contributed by atoms with E-state index >= 15 is 0 Å². The molecule has 0 radical (unpaired) electrons. The first-order chi connectivity index (χ1) is 10.0. The van der Waals surface area contributed by atoms with Crippen molar-refractivity contribution >= 4 is 22.6 Å². The van der Waals surface area contributed by atoms with Crippen molar-refractivity contribution in [3.05, 3.63) is 29.6 Å². The van der Waals surface area contributed by atoms with Crippen LogP contribution in [0.3, 0.4) is 0 Å². The van der Waals surface area contributed by atoms with Gasteiger partial charge < -0.3 is 9.30 Å². The second-order valence-corrected chi connectivity index (χ2v) is 6.91. The molecule has 1 saturated heterocycles. The van der Waals surface area contributed by atoms with Crippen LogP contribution in [0.15, 0.2) is 18.2 Å². The molecule has 1 aromatic carbocycles. The van der Waals surface area contributed by atoms with Crippen LogP contribution in [-0.4, -0.2) is 27.6 Å². The van der Waals surface area contributed by atoms with E-state index in [-0.39, 0.29) is 5.60 Å². The van der Waals surface area contributed by atoms with Crippen LogP contribution in [-0.2, 0) is 11.2 Å². The van der Waals surface area contributed by atoms with E-state index in [1.165, 1.54) is 11.1 Å². The maximum atomic E-state index is 5.99. The van der Waals surface area contributed by atoms with Gasteiger partial charge in [0, 0.05) is 24.9 Å². The summed E-state index contributed by atoms with van der Waals surface area (Å²) in [6, 6.07) is 6.78. The van der Waals surface area contributed by atoms with Crippen LogP contribution in [0, 0.1) is 6.92 Å². The monoisotopic (exact) mass is 306 g/mol. The third-order valence-electron chi connectivity index (χ3n) is 4.34. The minimum Gasteiger partial charge on any atom is -0.375 e. The molecule has 0 aliphatic carbocycles. The molecular weight excluding hydrogens is 284 g/mol. The van der Waals surface area contributed by atoms with Crippen LogP contribution in [0.1, 0.15) is 44.1 Å². The lowest BCUT2D eigenvalue weighted by Gasteiger charge is -2.37. The number of rotatable bonds is 3. The molecule has 1 atom stereocenters. The van der Waals surface area contributed by atoms with Gasteiger partial charge in [0.1, 0.15) is 5.82 Å². The number of alkyl halides is 1. The number of hydrogen-bond acceptors (Lipinski definition) is 2. The summed E-state index contributed by atoms with van der Waals surface area (Å²) in [4.78, 5) is 4.82. The Morgan fingerprint density at radius 2 is 2.24 bits per heavy atom. The first kappa shape index (κ1) is 14.9. The second kappa shape index (κ2) is 5.62. The van der Waals surface area contributed by atoms with E-state index in [2.05, 4.69) is 43.5 Å². The number of fused-ring (bicyclic) bond motifs is 1. The maximum absolute atomic E-state index is 5.99. The molecule has 1 aliphatic rings. The third kappa shape index (κ3) is 2.82. The van der Waals surface area contributed by atoms with Gasteiger partial charge in [-0.25, -0.2) is 4.98 Å². The van der Waals surface area contributed by atoms with Gasteiger partial charge in [0.25, 0.3) is 0 Å². The Hall–Kier alpha value is -1.06. The summed E-state index contributed by atoms with van der Waals surface area (Å²) in [5.41, 5.74) is 3.56. The molecule has 0 amide bonds. The zero-order valence-electron chi connectivity index (χ0n) is 13.0. The van der Waals surface area contributed by atoms with Gasteiger partial charge in [-0.2, -0.15) is 0 Å². The maximum Gasteiger partial charge on any atom is 0.111 e. The molecule has 1 unspecified atom stereocenters. The number of imidazole rings is 1. The lowest BCUT2D eigenvalue weighted by atomic mass is 9.93. The number of aromatic nitrogens is 2. The van der Waals surface area contributed by atoms with Gasteiger partial charge in [-0.15, -0.1) is 11.6 Å². The lowest BCUT2D eigenvalue weighted by molar-refractivity contribution is -0.0688. The summed E-state index contributed by atoms with van der Waals surface area (Å²) < 4.78 is 8.30. The normalized spacial score (nSPS) is 21.8. The van der Waals surface area contributed by atoms with Gasteiger partial charge in [0.05, 0.1) is 16.6 Å². The molecule has 1 fully saturated rings. The van der Waals surface area contributed by atoms with Gasteiger partial charge in [-0.05, 0) is 45.2 Å². The van der Waals surface area contributed by atoms with Crippen molar-refractivity contribution < 1.29 is 4.74 Å². The average molecular weight is 307 g/mol. The average Bonchev–Trinajstić information content (AvgIpc) is 2.77. The van der Waals surface area contributed by atoms with Crippen LogP contribution >= 0.6 is 11.6 Å². The zero-order valence-corrected chi connectivity index (χ0v) is 13.8. The predicted molar refractivity (Wildman–Crippen MR) is 87.2 cm³/mol. The van der Waals surface area contributed by atoms with Gasteiger partial charge >= 0.3 is 0 Å².